The number of hydrogen-bond donors (Lipinski definition) is 1. The zero-order valence-electron chi connectivity index (χ0n) is 15.3. The lowest BCUT2D eigenvalue weighted by Crippen LogP contribution is -2.04. The number of benzene rings is 1. The number of anilines is 1. The Kier molecular flexibility index (Phi) is 5.55. The zero-order chi connectivity index (χ0) is 19.2. The highest BCUT2D eigenvalue weighted by atomic mass is 16.5. The van der Waals surface area contributed by atoms with Crippen molar-refractivity contribution in [1.29, 1.82) is 0 Å². The SMILES string of the molecule is CCOc1cc(-c2nc(N)c(Oc3ccccc3OC)c(OC)n2)ccn1. The summed E-state index contributed by atoms with van der Waals surface area (Å²) in [5.74, 6) is 2.44. The molecule has 8 heteroatoms. The zero-order valence-corrected chi connectivity index (χ0v) is 15.3. The molecule has 0 saturated heterocycles. The first-order chi connectivity index (χ1) is 13.2. The average Bonchev–Trinajstić information content (AvgIpc) is 2.70. The average molecular weight is 368 g/mol. The van der Waals surface area contributed by atoms with E-state index in [1.54, 1.807) is 37.6 Å². The van der Waals surface area contributed by atoms with Crippen molar-refractivity contribution in [3.63, 3.8) is 0 Å². The summed E-state index contributed by atoms with van der Waals surface area (Å²) in [6.45, 7) is 2.39. The van der Waals surface area contributed by atoms with E-state index in [4.69, 9.17) is 24.7 Å². The number of ether oxygens (including phenoxy) is 4. The molecule has 0 bridgehead atoms. The van der Waals surface area contributed by atoms with Crippen LogP contribution in [-0.4, -0.2) is 35.8 Å². The third kappa shape index (κ3) is 4.00. The van der Waals surface area contributed by atoms with E-state index in [2.05, 4.69) is 15.0 Å². The van der Waals surface area contributed by atoms with Gasteiger partial charge in [-0.1, -0.05) is 12.1 Å². The Balaban J connectivity index is 2.00. The summed E-state index contributed by atoms with van der Waals surface area (Å²) in [5, 5.41) is 0. The molecular weight excluding hydrogens is 348 g/mol. The first-order valence-corrected chi connectivity index (χ1v) is 8.27. The van der Waals surface area contributed by atoms with Crippen molar-refractivity contribution in [3.8, 4) is 40.4 Å². The van der Waals surface area contributed by atoms with Gasteiger partial charge in [-0.25, -0.2) is 9.97 Å². The lowest BCUT2D eigenvalue weighted by Gasteiger charge is -2.14. The number of rotatable bonds is 7. The molecule has 1 aromatic carbocycles. The number of aromatic nitrogens is 3. The van der Waals surface area contributed by atoms with Crippen LogP contribution in [0.25, 0.3) is 11.4 Å². The summed E-state index contributed by atoms with van der Waals surface area (Å²) < 4.78 is 21.9. The number of hydrogen-bond acceptors (Lipinski definition) is 8. The van der Waals surface area contributed by atoms with Crippen molar-refractivity contribution in [2.45, 2.75) is 6.92 Å². The van der Waals surface area contributed by atoms with Crippen molar-refractivity contribution in [2.75, 3.05) is 26.6 Å². The highest BCUT2D eigenvalue weighted by molar-refractivity contribution is 5.64. The molecule has 0 spiro atoms. The fourth-order valence-electron chi connectivity index (χ4n) is 2.40. The highest BCUT2D eigenvalue weighted by Crippen LogP contribution is 2.39. The van der Waals surface area contributed by atoms with E-state index in [-0.39, 0.29) is 17.4 Å². The molecule has 0 amide bonds. The van der Waals surface area contributed by atoms with Crippen molar-refractivity contribution < 1.29 is 18.9 Å². The second kappa shape index (κ2) is 8.22. The van der Waals surface area contributed by atoms with Gasteiger partial charge in [-0.15, -0.1) is 0 Å². The molecule has 0 aliphatic rings. The summed E-state index contributed by atoms with van der Waals surface area (Å²) in [5.41, 5.74) is 6.82. The van der Waals surface area contributed by atoms with Crippen LogP contribution < -0.4 is 24.7 Å². The predicted octanol–water partition coefficient (Wildman–Crippen LogP) is 3.33. The van der Waals surface area contributed by atoms with E-state index in [9.17, 15) is 0 Å². The highest BCUT2D eigenvalue weighted by Gasteiger charge is 2.18. The Morgan fingerprint density at radius 1 is 1.00 bits per heavy atom. The fourth-order valence-corrected chi connectivity index (χ4v) is 2.40. The van der Waals surface area contributed by atoms with Crippen molar-refractivity contribution >= 4 is 5.82 Å². The number of nitrogen functional groups attached to an aromatic ring is 1. The molecule has 0 saturated carbocycles. The normalized spacial score (nSPS) is 10.3. The second-order valence-corrected chi connectivity index (χ2v) is 5.34. The van der Waals surface area contributed by atoms with Gasteiger partial charge in [-0.2, -0.15) is 4.98 Å². The Bertz CT molecular complexity index is 933. The third-order valence-electron chi connectivity index (χ3n) is 3.62. The standard InChI is InChI=1S/C19H20N4O4/c1-4-26-15-11-12(9-10-21-15)18-22-17(20)16(19(23-18)25-3)27-14-8-6-5-7-13(14)24-2/h5-11H,4H2,1-3H3,(H2,20,22,23). The van der Waals surface area contributed by atoms with Crippen LogP contribution in [0.1, 0.15) is 6.92 Å². The van der Waals surface area contributed by atoms with Crippen LogP contribution >= 0.6 is 0 Å². The minimum absolute atomic E-state index is 0.137. The molecule has 3 rings (SSSR count). The van der Waals surface area contributed by atoms with Gasteiger partial charge in [0, 0.05) is 17.8 Å². The smallest absolute Gasteiger partial charge is 0.263 e. The van der Waals surface area contributed by atoms with Crippen LogP contribution in [0, 0.1) is 0 Å². The molecule has 140 valence electrons. The predicted molar refractivity (Wildman–Crippen MR) is 100 cm³/mol. The Labute approximate surface area is 156 Å². The molecule has 3 aromatic rings. The van der Waals surface area contributed by atoms with E-state index < -0.39 is 0 Å². The van der Waals surface area contributed by atoms with E-state index in [0.717, 1.165) is 0 Å². The van der Waals surface area contributed by atoms with Crippen LogP contribution in [-0.2, 0) is 0 Å². The lowest BCUT2D eigenvalue weighted by molar-refractivity contribution is 0.327. The first-order valence-electron chi connectivity index (χ1n) is 8.27. The van der Waals surface area contributed by atoms with E-state index in [1.165, 1.54) is 7.11 Å². The Morgan fingerprint density at radius 3 is 2.48 bits per heavy atom. The maximum absolute atomic E-state index is 6.13. The molecule has 2 aromatic heterocycles. The number of nitrogens with two attached hydrogens (primary N) is 1. The fraction of sp³-hybridized carbons (Fsp3) is 0.211. The van der Waals surface area contributed by atoms with Gasteiger partial charge >= 0.3 is 0 Å². The molecule has 2 heterocycles. The minimum atomic E-state index is 0.137. The number of para-hydroxylation sites is 2. The molecule has 8 nitrogen and oxygen atoms in total. The number of pyridine rings is 1. The Hall–Kier alpha value is -3.55. The first kappa shape index (κ1) is 18.2. The number of methoxy groups -OCH3 is 2. The van der Waals surface area contributed by atoms with Gasteiger partial charge in [0.25, 0.3) is 5.88 Å². The van der Waals surface area contributed by atoms with Crippen LogP contribution in [0.2, 0.25) is 0 Å². The lowest BCUT2D eigenvalue weighted by atomic mass is 10.2. The molecule has 2 N–H and O–H groups in total. The van der Waals surface area contributed by atoms with Crippen molar-refractivity contribution in [3.05, 3.63) is 42.6 Å². The van der Waals surface area contributed by atoms with E-state index in [1.807, 2.05) is 19.1 Å². The van der Waals surface area contributed by atoms with E-state index >= 15 is 0 Å². The summed E-state index contributed by atoms with van der Waals surface area (Å²) >= 11 is 0. The van der Waals surface area contributed by atoms with Gasteiger partial charge in [0.15, 0.2) is 23.1 Å². The van der Waals surface area contributed by atoms with Gasteiger partial charge in [-0.3, -0.25) is 0 Å². The third-order valence-corrected chi connectivity index (χ3v) is 3.62. The quantitative estimate of drug-likeness (QED) is 0.677. The Morgan fingerprint density at radius 2 is 1.78 bits per heavy atom. The molecular formula is C19H20N4O4. The summed E-state index contributed by atoms with van der Waals surface area (Å²) in [6, 6.07) is 10.7. The molecule has 0 aliphatic carbocycles. The van der Waals surface area contributed by atoms with Gasteiger partial charge < -0.3 is 24.7 Å². The van der Waals surface area contributed by atoms with Crippen molar-refractivity contribution in [2.24, 2.45) is 0 Å². The maximum Gasteiger partial charge on any atom is 0.263 e. The van der Waals surface area contributed by atoms with Gasteiger partial charge in [-0.05, 0) is 25.1 Å². The van der Waals surface area contributed by atoms with Gasteiger partial charge in [0.2, 0.25) is 11.6 Å². The summed E-state index contributed by atoms with van der Waals surface area (Å²) in [7, 11) is 3.04. The second-order valence-electron chi connectivity index (χ2n) is 5.34. The molecule has 0 fully saturated rings. The molecule has 0 aliphatic heterocycles. The summed E-state index contributed by atoms with van der Waals surface area (Å²) in [6.07, 6.45) is 1.62. The van der Waals surface area contributed by atoms with E-state index in [0.29, 0.717) is 35.4 Å². The maximum atomic E-state index is 6.13. The molecule has 0 radical (unpaired) electrons. The van der Waals surface area contributed by atoms with Gasteiger partial charge in [0.1, 0.15) is 0 Å². The topological polar surface area (TPSA) is 102 Å². The van der Waals surface area contributed by atoms with Crippen LogP contribution in [0.4, 0.5) is 5.82 Å². The molecule has 27 heavy (non-hydrogen) atoms. The molecule has 0 atom stereocenters. The number of nitrogens with zero attached hydrogens (tertiary/aromatic N) is 3. The van der Waals surface area contributed by atoms with Crippen molar-refractivity contribution in [1.82, 2.24) is 15.0 Å². The molecule has 0 unspecified atom stereocenters. The van der Waals surface area contributed by atoms with Crippen LogP contribution in [0.3, 0.4) is 0 Å². The van der Waals surface area contributed by atoms with Crippen LogP contribution in [0.5, 0.6) is 29.0 Å². The van der Waals surface area contributed by atoms with Crippen LogP contribution in [0.15, 0.2) is 42.6 Å². The largest absolute Gasteiger partial charge is 0.493 e. The monoisotopic (exact) mass is 368 g/mol. The van der Waals surface area contributed by atoms with Gasteiger partial charge in [0.05, 0.1) is 20.8 Å². The summed E-state index contributed by atoms with van der Waals surface area (Å²) in [4.78, 5) is 12.9. The minimum Gasteiger partial charge on any atom is -0.493 e.